The van der Waals surface area contributed by atoms with Crippen LogP contribution in [-0.2, 0) is 17.9 Å². The summed E-state index contributed by atoms with van der Waals surface area (Å²) in [6, 6.07) is 12.4. The Morgan fingerprint density at radius 3 is 2.51 bits per heavy atom. The number of carbonyl (C=O) groups excluding carboxylic acids is 1. The molecule has 1 unspecified atom stereocenters. The molecule has 1 fully saturated rings. The molecule has 41 heavy (non-hydrogen) atoms. The first-order chi connectivity index (χ1) is 20.0. The number of aryl methyl sites for hydroxylation is 1. The zero-order valence-electron chi connectivity index (χ0n) is 25.3. The van der Waals surface area contributed by atoms with Crippen LogP contribution < -0.4 is 14.4 Å². The van der Waals surface area contributed by atoms with Crippen molar-refractivity contribution in [1.82, 2.24) is 19.4 Å². The number of likely N-dealkylation sites (N-methyl/N-ethyl adjacent to an activating group) is 1. The highest BCUT2D eigenvalue weighted by Gasteiger charge is 2.37. The normalized spacial score (nSPS) is 18.5. The van der Waals surface area contributed by atoms with Crippen LogP contribution in [0.3, 0.4) is 0 Å². The lowest BCUT2D eigenvalue weighted by Gasteiger charge is -2.36. The largest absolute Gasteiger partial charge is 0.493 e. The van der Waals surface area contributed by atoms with E-state index in [0.29, 0.717) is 17.4 Å². The highest BCUT2D eigenvalue weighted by atomic mass is 16.5. The smallest absolute Gasteiger partial charge is 0.161 e. The number of benzene rings is 2. The Bertz CT molecular complexity index is 1310. The van der Waals surface area contributed by atoms with Gasteiger partial charge in [0.05, 0.1) is 20.3 Å². The van der Waals surface area contributed by atoms with E-state index in [9.17, 15) is 4.79 Å². The summed E-state index contributed by atoms with van der Waals surface area (Å²) in [7, 11) is 3.33. The Balaban J connectivity index is 1.45. The standard InChI is InChI=1S/C33H45N5O3/c1-6-35-17-19-36(20-18-35)29-10-7-9-26-27(29)22-38(30(26)23-39)28(25-12-13-31(40-4)32(21-25)41-5)11-8-15-37-16-14-34-33(37)24(2)3/h7,9-10,12-14,16,21,23-24,28,30H,6,8,11,15,17-20,22H2,1-5H3/t28-,30?/m1/s1. The lowest BCUT2D eigenvalue weighted by Crippen LogP contribution is -2.46. The molecule has 8 nitrogen and oxygen atoms in total. The van der Waals surface area contributed by atoms with Gasteiger partial charge in [-0.25, -0.2) is 4.98 Å². The van der Waals surface area contributed by atoms with Gasteiger partial charge in [0.15, 0.2) is 11.5 Å². The molecule has 2 aromatic carbocycles. The van der Waals surface area contributed by atoms with Crippen molar-refractivity contribution in [2.75, 3.05) is 51.8 Å². The molecule has 5 rings (SSSR count). The van der Waals surface area contributed by atoms with Gasteiger partial charge in [-0.3, -0.25) is 4.90 Å². The Labute approximate surface area is 244 Å². The number of ether oxygens (including phenoxy) is 2. The second-order valence-corrected chi connectivity index (χ2v) is 11.4. The van der Waals surface area contributed by atoms with Gasteiger partial charge in [0, 0.05) is 69.3 Å². The highest BCUT2D eigenvalue weighted by Crippen LogP contribution is 2.45. The molecular weight excluding hydrogens is 514 g/mol. The van der Waals surface area contributed by atoms with Gasteiger partial charge >= 0.3 is 0 Å². The van der Waals surface area contributed by atoms with Crippen LogP contribution >= 0.6 is 0 Å². The Kier molecular flexibility index (Phi) is 9.30. The van der Waals surface area contributed by atoms with E-state index in [2.05, 4.69) is 81.6 Å². The van der Waals surface area contributed by atoms with Crippen LogP contribution in [0.5, 0.6) is 11.5 Å². The molecule has 2 aliphatic rings. The van der Waals surface area contributed by atoms with Crippen molar-refractivity contribution in [2.45, 2.75) is 64.7 Å². The number of methoxy groups -OCH3 is 2. The maximum atomic E-state index is 12.8. The molecule has 0 aliphatic carbocycles. The number of imidazole rings is 1. The number of piperazine rings is 1. The van der Waals surface area contributed by atoms with E-state index in [-0.39, 0.29) is 12.1 Å². The summed E-state index contributed by atoms with van der Waals surface area (Å²) in [5.74, 6) is 2.90. The van der Waals surface area contributed by atoms with Gasteiger partial charge in [-0.1, -0.05) is 39.0 Å². The zero-order chi connectivity index (χ0) is 28.9. The minimum absolute atomic E-state index is 0.0354. The fourth-order valence-electron chi connectivity index (χ4n) is 6.61. The van der Waals surface area contributed by atoms with Crippen molar-refractivity contribution < 1.29 is 14.3 Å². The minimum Gasteiger partial charge on any atom is -0.493 e. The molecule has 3 heterocycles. The first kappa shape index (κ1) is 29.1. The van der Waals surface area contributed by atoms with Gasteiger partial charge in [-0.15, -0.1) is 0 Å². The number of hydrogen-bond donors (Lipinski definition) is 0. The molecule has 0 saturated carbocycles. The molecule has 0 amide bonds. The second-order valence-electron chi connectivity index (χ2n) is 11.4. The third kappa shape index (κ3) is 5.99. The molecule has 0 bridgehead atoms. The predicted molar refractivity (Wildman–Crippen MR) is 163 cm³/mol. The van der Waals surface area contributed by atoms with Crippen molar-refractivity contribution in [3.8, 4) is 11.5 Å². The van der Waals surface area contributed by atoms with E-state index in [4.69, 9.17) is 9.47 Å². The van der Waals surface area contributed by atoms with Crippen molar-refractivity contribution in [1.29, 1.82) is 0 Å². The van der Waals surface area contributed by atoms with Crippen LogP contribution in [0.25, 0.3) is 0 Å². The quantitative estimate of drug-likeness (QED) is 0.274. The third-order valence-corrected chi connectivity index (χ3v) is 8.83. The predicted octanol–water partition coefficient (Wildman–Crippen LogP) is 5.44. The molecule has 1 saturated heterocycles. The summed E-state index contributed by atoms with van der Waals surface area (Å²) in [6.45, 7) is 13.5. The van der Waals surface area contributed by atoms with Crippen LogP contribution in [0, 0.1) is 0 Å². The molecule has 1 aromatic heterocycles. The molecule has 8 heteroatoms. The average molecular weight is 560 g/mol. The summed E-state index contributed by atoms with van der Waals surface area (Å²) in [6.07, 6.45) is 6.95. The van der Waals surface area contributed by atoms with Gasteiger partial charge in [0.1, 0.15) is 12.1 Å². The Morgan fingerprint density at radius 2 is 1.83 bits per heavy atom. The highest BCUT2D eigenvalue weighted by molar-refractivity contribution is 5.70. The lowest BCUT2D eigenvalue weighted by molar-refractivity contribution is -0.113. The number of hydrogen-bond acceptors (Lipinski definition) is 7. The molecule has 0 spiro atoms. The summed E-state index contributed by atoms with van der Waals surface area (Å²) >= 11 is 0. The van der Waals surface area contributed by atoms with E-state index in [1.807, 2.05) is 12.3 Å². The van der Waals surface area contributed by atoms with Crippen molar-refractivity contribution in [3.05, 3.63) is 71.3 Å². The van der Waals surface area contributed by atoms with Crippen LogP contribution in [0.2, 0.25) is 0 Å². The fourth-order valence-corrected chi connectivity index (χ4v) is 6.61. The number of aromatic nitrogens is 2. The van der Waals surface area contributed by atoms with Crippen LogP contribution in [0.4, 0.5) is 5.69 Å². The van der Waals surface area contributed by atoms with Crippen molar-refractivity contribution in [3.63, 3.8) is 0 Å². The topological polar surface area (TPSA) is 63.1 Å². The number of aldehydes is 1. The van der Waals surface area contributed by atoms with Gasteiger partial charge in [-0.05, 0) is 54.3 Å². The van der Waals surface area contributed by atoms with Gasteiger partial charge in [-0.2, -0.15) is 0 Å². The lowest BCUT2D eigenvalue weighted by atomic mass is 9.98. The van der Waals surface area contributed by atoms with E-state index in [1.54, 1.807) is 14.2 Å². The molecular formula is C33H45N5O3. The zero-order valence-corrected chi connectivity index (χ0v) is 25.3. The summed E-state index contributed by atoms with van der Waals surface area (Å²) in [4.78, 5) is 24.7. The Morgan fingerprint density at radius 1 is 1.05 bits per heavy atom. The molecule has 2 aliphatic heterocycles. The molecule has 0 N–H and O–H groups in total. The van der Waals surface area contributed by atoms with Crippen molar-refractivity contribution >= 4 is 12.0 Å². The summed E-state index contributed by atoms with van der Waals surface area (Å²) in [5.41, 5.74) is 4.84. The molecule has 3 aromatic rings. The van der Waals surface area contributed by atoms with E-state index in [1.165, 1.54) is 11.3 Å². The van der Waals surface area contributed by atoms with Crippen LogP contribution in [0.15, 0.2) is 48.8 Å². The van der Waals surface area contributed by atoms with Gasteiger partial charge in [0.2, 0.25) is 0 Å². The fraction of sp³-hybridized carbons (Fsp3) is 0.515. The minimum atomic E-state index is -0.292. The second kappa shape index (κ2) is 13.1. The molecule has 220 valence electrons. The first-order valence-corrected chi connectivity index (χ1v) is 15.0. The average Bonchev–Trinajstić information content (AvgIpc) is 3.63. The maximum Gasteiger partial charge on any atom is 0.161 e. The summed E-state index contributed by atoms with van der Waals surface area (Å²) < 4.78 is 13.5. The van der Waals surface area contributed by atoms with E-state index >= 15 is 0 Å². The third-order valence-electron chi connectivity index (χ3n) is 8.83. The van der Waals surface area contributed by atoms with Crippen LogP contribution in [-0.4, -0.2) is 72.6 Å². The van der Waals surface area contributed by atoms with Crippen LogP contribution in [0.1, 0.15) is 74.1 Å². The number of nitrogens with zero attached hydrogens (tertiary/aromatic N) is 5. The van der Waals surface area contributed by atoms with Crippen molar-refractivity contribution in [2.24, 2.45) is 0 Å². The number of anilines is 1. The number of carbonyl (C=O) groups is 1. The maximum absolute atomic E-state index is 12.8. The SMILES string of the molecule is CCN1CCN(c2cccc3c2CN([C@H](CCCn2ccnc2C(C)C)c2ccc(OC)c(OC)c2)C3C=O)CC1. The number of rotatable bonds is 12. The Hall–Kier alpha value is -3.36. The first-order valence-electron chi connectivity index (χ1n) is 15.0. The van der Waals surface area contributed by atoms with Gasteiger partial charge < -0.3 is 28.6 Å². The molecule has 0 radical (unpaired) electrons. The number of fused-ring (bicyclic) bond motifs is 1. The van der Waals surface area contributed by atoms with E-state index in [0.717, 1.165) is 81.9 Å². The summed E-state index contributed by atoms with van der Waals surface area (Å²) in [5, 5.41) is 0. The molecule has 2 atom stereocenters. The van der Waals surface area contributed by atoms with Gasteiger partial charge in [0.25, 0.3) is 0 Å². The monoisotopic (exact) mass is 559 g/mol. The van der Waals surface area contributed by atoms with E-state index < -0.39 is 0 Å².